The Hall–Kier alpha value is -2.67. The van der Waals surface area contributed by atoms with E-state index in [9.17, 15) is 10.4 Å². The first-order valence-corrected chi connectivity index (χ1v) is 8.22. The zero-order chi connectivity index (χ0) is 16.7. The Bertz CT molecular complexity index is 794. The van der Waals surface area contributed by atoms with E-state index in [1.54, 1.807) is 19.2 Å². The lowest BCUT2D eigenvalue weighted by Crippen LogP contribution is -2.26. The lowest BCUT2D eigenvalue weighted by atomic mass is 9.80. The van der Waals surface area contributed by atoms with Gasteiger partial charge >= 0.3 is 0 Å². The Morgan fingerprint density at radius 2 is 1.96 bits per heavy atom. The molecule has 4 heteroatoms. The topological polar surface area (TPSA) is 62.5 Å². The second-order valence-electron chi connectivity index (χ2n) is 6.60. The van der Waals surface area contributed by atoms with E-state index in [-0.39, 0.29) is 23.7 Å². The van der Waals surface area contributed by atoms with Crippen LogP contribution in [-0.2, 0) is 0 Å². The SMILES string of the molecule is COc1ccc2c(c1)[C@@H]1CC(C#N)C[C@@H]1[C@H](c1ccc(O)cc1)O2. The van der Waals surface area contributed by atoms with E-state index in [2.05, 4.69) is 6.07 Å². The molecule has 2 aromatic rings. The van der Waals surface area contributed by atoms with Crippen LogP contribution < -0.4 is 9.47 Å². The van der Waals surface area contributed by atoms with Crippen molar-refractivity contribution in [3.8, 4) is 23.3 Å². The third kappa shape index (κ3) is 2.37. The van der Waals surface area contributed by atoms with Crippen LogP contribution in [0.1, 0.15) is 36.0 Å². The number of hydrogen-bond donors (Lipinski definition) is 1. The molecule has 1 aliphatic carbocycles. The molecule has 1 unspecified atom stereocenters. The van der Waals surface area contributed by atoms with Gasteiger partial charge in [0.25, 0.3) is 0 Å². The highest BCUT2D eigenvalue weighted by Crippen LogP contribution is 2.56. The van der Waals surface area contributed by atoms with Crippen LogP contribution in [0.5, 0.6) is 17.2 Å². The van der Waals surface area contributed by atoms with Gasteiger partial charge in [0.2, 0.25) is 0 Å². The van der Waals surface area contributed by atoms with Crippen molar-refractivity contribution in [1.82, 2.24) is 0 Å². The summed E-state index contributed by atoms with van der Waals surface area (Å²) in [5.41, 5.74) is 2.19. The maximum atomic E-state index is 9.54. The summed E-state index contributed by atoms with van der Waals surface area (Å²) in [6.07, 6.45) is 1.61. The Morgan fingerprint density at radius 1 is 1.17 bits per heavy atom. The number of aromatic hydroxyl groups is 1. The number of phenolic OH excluding ortho intramolecular Hbond substituents is 1. The predicted octanol–water partition coefficient (Wildman–Crippen LogP) is 4.17. The van der Waals surface area contributed by atoms with Crippen molar-refractivity contribution in [2.45, 2.75) is 24.9 Å². The highest BCUT2D eigenvalue weighted by Gasteiger charge is 2.45. The maximum absolute atomic E-state index is 9.54. The van der Waals surface area contributed by atoms with Crippen molar-refractivity contribution in [1.29, 1.82) is 5.26 Å². The van der Waals surface area contributed by atoms with Crippen molar-refractivity contribution < 1.29 is 14.6 Å². The molecule has 122 valence electrons. The van der Waals surface area contributed by atoms with Gasteiger partial charge in [0.05, 0.1) is 13.2 Å². The molecule has 2 aromatic carbocycles. The van der Waals surface area contributed by atoms with Gasteiger partial charge in [-0.2, -0.15) is 5.26 Å². The number of nitriles is 1. The molecule has 1 heterocycles. The Kier molecular flexibility index (Phi) is 3.57. The van der Waals surface area contributed by atoms with Gasteiger partial charge in [0.1, 0.15) is 23.4 Å². The Morgan fingerprint density at radius 3 is 2.67 bits per heavy atom. The van der Waals surface area contributed by atoms with E-state index in [1.165, 1.54) is 0 Å². The third-order valence-corrected chi connectivity index (χ3v) is 5.28. The first-order chi connectivity index (χ1) is 11.7. The van der Waals surface area contributed by atoms with Gasteiger partial charge in [-0.25, -0.2) is 0 Å². The number of fused-ring (bicyclic) bond motifs is 3. The largest absolute Gasteiger partial charge is 0.508 e. The molecular weight excluding hydrogens is 302 g/mol. The highest BCUT2D eigenvalue weighted by molar-refractivity contribution is 5.46. The molecule has 0 spiro atoms. The fourth-order valence-corrected chi connectivity index (χ4v) is 4.12. The number of ether oxygens (including phenoxy) is 2. The average molecular weight is 321 g/mol. The lowest BCUT2D eigenvalue weighted by Gasteiger charge is -2.36. The molecule has 0 bridgehead atoms. The predicted molar refractivity (Wildman–Crippen MR) is 89.0 cm³/mol. The summed E-state index contributed by atoms with van der Waals surface area (Å²) in [5, 5.41) is 18.9. The van der Waals surface area contributed by atoms with Crippen LogP contribution in [-0.4, -0.2) is 12.2 Å². The standard InChI is InChI=1S/C20H19NO3/c1-23-15-6-7-19-17(10-15)16-8-12(11-21)9-18(16)20(24-19)13-2-4-14(22)5-3-13/h2-7,10,12,16,18,20,22H,8-9H2,1H3/t12?,16-,18-,20-/m0/s1. The molecule has 1 fully saturated rings. The summed E-state index contributed by atoms with van der Waals surface area (Å²) in [4.78, 5) is 0. The highest BCUT2D eigenvalue weighted by atomic mass is 16.5. The minimum Gasteiger partial charge on any atom is -0.508 e. The molecule has 0 aromatic heterocycles. The second kappa shape index (κ2) is 5.76. The van der Waals surface area contributed by atoms with Gasteiger partial charge in [-0.15, -0.1) is 0 Å². The summed E-state index contributed by atoms with van der Waals surface area (Å²) in [7, 11) is 1.66. The summed E-state index contributed by atoms with van der Waals surface area (Å²) in [6, 6.07) is 15.5. The molecule has 1 saturated carbocycles. The van der Waals surface area contributed by atoms with Crippen molar-refractivity contribution in [3.05, 3.63) is 53.6 Å². The third-order valence-electron chi connectivity index (χ3n) is 5.28. The van der Waals surface area contributed by atoms with E-state index in [0.717, 1.165) is 35.5 Å². The van der Waals surface area contributed by atoms with E-state index in [0.29, 0.717) is 5.92 Å². The average Bonchev–Trinajstić information content (AvgIpc) is 3.06. The first kappa shape index (κ1) is 14.9. The van der Waals surface area contributed by atoms with Crippen molar-refractivity contribution >= 4 is 0 Å². The van der Waals surface area contributed by atoms with Crippen molar-refractivity contribution in [2.75, 3.05) is 7.11 Å². The minimum absolute atomic E-state index is 0.0559. The summed E-state index contributed by atoms with van der Waals surface area (Å²) >= 11 is 0. The molecule has 0 amide bonds. The molecule has 2 aliphatic rings. The minimum atomic E-state index is -0.0881. The van der Waals surface area contributed by atoms with Crippen LogP contribution in [0.15, 0.2) is 42.5 Å². The van der Waals surface area contributed by atoms with Gasteiger partial charge in [0, 0.05) is 17.4 Å². The van der Waals surface area contributed by atoms with Crippen molar-refractivity contribution in [2.24, 2.45) is 11.8 Å². The van der Waals surface area contributed by atoms with Gasteiger partial charge in [-0.05, 0) is 54.7 Å². The van der Waals surface area contributed by atoms with Gasteiger partial charge in [-0.1, -0.05) is 12.1 Å². The summed E-state index contributed by atoms with van der Waals surface area (Å²) in [5.74, 6) is 2.55. The van der Waals surface area contributed by atoms with Gasteiger partial charge in [-0.3, -0.25) is 0 Å². The van der Waals surface area contributed by atoms with Crippen LogP contribution in [0.25, 0.3) is 0 Å². The van der Waals surface area contributed by atoms with E-state index in [1.807, 2.05) is 30.3 Å². The number of benzene rings is 2. The lowest BCUT2D eigenvalue weighted by molar-refractivity contribution is 0.103. The zero-order valence-electron chi connectivity index (χ0n) is 13.5. The van der Waals surface area contributed by atoms with Crippen LogP contribution >= 0.6 is 0 Å². The molecule has 1 N–H and O–H groups in total. The molecule has 0 saturated heterocycles. The quantitative estimate of drug-likeness (QED) is 0.902. The first-order valence-electron chi connectivity index (χ1n) is 8.22. The van der Waals surface area contributed by atoms with Crippen LogP contribution in [0, 0.1) is 23.2 Å². The number of nitrogens with zero attached hydrogens (tertiary/aromatic N) is 1. The van der Waals surface area contributed by atoms with E-state index >= 15 is 0 Å². The van der Waals surface area contributed by atoms with Crippen LogP contribution in [0.2, 0.25) is 0 Å². The molecular formula is C20H19NO3. The summed E-state index contributed by atoms with van der Waals surface area (Å²) < 4.78 is 11.7. The van der Waals surface area contributed by atoms with Gasteiger partial charge < -0.3 is 14.6 Å². The maximum Gasteiger partial charge on any atom is 0.127 e. The molecule has 24 heavy (non-hydrogen) atoms. The van der Waals surface area contributed by atoms with Gasteiger partial charge in [0.15, 0.2) is 0 Å². The molecule has 1 aliphatic heterocycles. The number of methoxy groups -OCH3 is 1. The van der Waals surface area contributed by atoms with Crippen LogP contribution in [0.3, 0.4) is 0 Å². The fraction of sp³-hybridized carbons (Fsp3) is 0.350. The Labute approximate surface area is 141 Å². The van der Waals surface area contributed by atoms with Crippen LogP contribution in [0.4, 0.5) is 0 Å². The van der Waals surface area contributed by atoms with Crippen molar-refractivity contribution in [3.63, 3.8) is 0 Å². The fourth-order valence-electron chi connectivity index (χ4n) is 4.12. The monoisotopic (exact) mass is 321 g/mol. The molecule has 4 rings (SSSR count). The molecule has 4 nitrogen and oxygen atoms in total. The second-order valence-corrected chi connectivity index (χ2v) is 6.60. The zero-order valence-corrected chi connectivity index (χ0v) is 13.5. The van der Waals surface area contributed by atoms with E-state index < -0.39 is 0 Å². The van der Waals surface area contributed by atoms with E-state index in [4.69, 9.17) is 9.47 Å². The number of hydrogen-bond acceptors (Lipinski definition) is 4. The smallest absolute Gasteiger partial charge is 0.127 e. The normalized spacial score (nSPS) is 27.5. The summed E-state index contributed by atoms with van der Waals surface area (Å²) in [6.45, 7) is 0. The Balaban J connectivity index is 1.77. The molecule has 4 atom stereocenters. The number of phenols is 1. The number of rotatable bonds is 2. The molecule has 0 radical (unpaired) electrons.